The normalized spacial score (nSPS) is 14.3. The highest BCUT2D eigenvalue weighted by Gasteiger charge is 2.19. The first-order valence-corrected chi connectivity index (χ1v) is 7.29. The fourth-order valence-corrected chi connectivity index (χ4v) is 2.96. The number of benzene rings is 1. The van der Waals surface area contributed by atoms with Crippen molar-refractivity contribution in [2.75, 3.05) is 0 Å². The van der Waals surface area contributed by atoms with Gasteiger partial charge in [-0.3, -0.25) is 0 Å². The molecule has 0 bridgehead atoms. The first kappa shape index (κ1) is 15.4. The van der Waals surface area contributed by atoms with Crippen LogP contribution in [0.15, 0.2) is 22.7 Å². The molecule has 0 aliphatic rings. The highest BCUT2D eigenvalue weighted by molar-refractivity contribution is 6.33. The summed E-state index contributed by atoms with van der Waals surface area (Å²) in [4.78, 5) is 0. The van der Waals surface area contributed by atoms with Crippen molar-refractivity contribution in [1.29, 1.82) is 0 Å². The van der Waals surface area contributed by atoms with Gasteiger partial charge in [-0.15, -0.1) is 0 Å². The molecule has 1 N–H and O–H groups in total. The molecule has 2 rings (SSSR count). The number of nitrogens with one attached hydrogen (secondary N) is 1. The number of aromatic nitrogens is 1. The van der Waals surface area contributed by atoms with Crippen LogP contribution >= 0.6 is 23.2 Å². The van der Waals surface area contributed by atoms with E-state index in [1.54, 1.807) is 6.07 Å². The Hall–Kier alpha value is -1.03. The quantitative estimate of drug-likeness (QED) is 0.862. The van der Waals surface area contributed by atoms with Gasteiger partial charge in [0.2, 0.25) is 0 Å². The van der Waals surface area contributed by atoms with Crippen LogP contribution in [0.3, 0.4) is 0 Å². The molecule has 0 aliphatic heterocycles. The van der Waals surface area contributed by atoms with Crippen LogP contribution in [0.25, 0.3) is 0 Å². The van der Waals surface area contributed by atoms with E-state index in [0.717, 1.165) is 22.6 Å². The molecular formula is C15H18Cl2N2O. The predicted octanol–water partition coefficient (Wildman–Crippen LogP) is 5.01. The molecule has 0 aliphatic carbocycles. The van der Waals surface area contributed by atoms with Gasteiger partial charge in [-0.25, -0.2) is 0 Å². The van der Waals surface area contributed by atoms with Crippen molar-refractivity contribution < 1.29 is 4.52 Å². The third-order valence-corrected chi connectivity index (χ3v) is 4.03. The van der Waals surface area contributed by atoms with E-state index in [1.165, 1.54) is 0 Å². The first-order valence-electron chi connectivity index (χ1n) is 6.54. The van der Waals surface area contributed by atoms with Crippen molar-refractivity contribution in [3.8, 4) is 0 Å². The molecule has 0 spiro atoms. The lowest BCUT2D eigenvalue weighted by Gasteiger charge is -2.21. The minimum Gasteiger partial charge on any atom is -0.361 e. The van der Waals surface area contributed by atoms with Gasteiger partial charge in [-0.1, -0.05) is 28.4 Å². The Balaban J connectivity index is 2.19. The number of rotatable bonds is 4. The van der Waals surface area contributed by atoms with Gasteiger partial charge in [0, 0.05) is 27.7 Å². The number of halogens is 2. The molecular weight excluding hydrogens is 295 g/mol. The minimum atomic E-state index is 0.0740. The second-order valence-corrected chi connectivity index (χ2v) is 5.86. The minimum absolute atomic E-state index is 0.0740. The van der Waals surface area contributed by atoms with Gasteiger partial charge in [0.15, 0.2) is 0 Å². The Labute approximate surface area is 129 Å². The van der Waals surface area contributed by atoms with Crippen molar-refractivity contribution in [2.24, 2.45) is 0 Å². The van der Waals surface area contributed by atoms with Crippen molar-refractivity contribution in [3.63, 3.8) is 0 Å². The van der Waals surface area contributed by atoms with Crippen molar-refractivity contribution >= 4 is 23.2 Å². The number of aryl methyl sites for hydroxylation is 2. The van der Waals surface area contributed by atoms with E-state index in [4.69, 9.17) is 27.7 Å². The summed E-state index contributed by atoms with van der Waals surface area (Å²) >= 11 is 12.3. The first-order chi connectivity index (χ1) is 9.40. The zero-order valence-corrected chi connectivity index (χ0v) is 13.5. The molecule has 2 aromatic rings. The maximum atomic E-state index is 6.23. The van der Waals surface area contributed by atoms with Crippen molar-refractivity contribution in [2.45, 2.75) is 39.8 Å². The highest BCUT2D eigenvalue weighted by Crippen LogP contribution is 2.29. The molecule has 1 aromatic heterocycles. The van der Waals surface area contributed by atoms with Gasteiger partial charge >= 0.3 is 0 Å². The topological polar surface area (TPSA) is 38.1 Å². The molecule has 20 heavy (non-hydrogen) atoms. The van der Waals surface area contributed by atoms with E-state index in [0.29, 0.717) is 10.0 Å². The SMILES string of the molecule is Cc1noc(C)c1C(C)NC(C)c1cc(Cl)ccc1Cl. The Bertz CT molecular complexity index is 590. The summed E-state index contributed by atoms with van der Waals surface area (Å²) in [7, 11) is 0. The van der Waals surface area contributed by atoms with E-state index in [2.05, 4.69) is 24.3 Å². The second-order valence-electron chi connectivity index (χ2n) is 5.01. The fourth-order valence-electron chi connectivity index (χ4n) is 2.50. The Morgan fingerprint density at radius 3 is 2.45 bits per heavy atom. The summed E-state index contributed by atoms with van der Waals surface area (Å²) in [5.74, 6) is 0.840. The number of hydrogen-bond acceptors (Lipinski definition) is 3. The number of hydrogen-bond donors (Lipinski definition) is 1. The largest absolute Gasteiger partial charge is 0.361 e. The monoisotopic (exact) mass is 312 g/mol. The summed E-state index contributed by atoms with van der Waals surface area (Å²) in [6.07, 6.45) is 0. The van der Waals surface area contributed by atoms with Gasteiger partial charge in [0.25, 0.3) is 0 Å². The molecule has 0 amide bonds. The zero-order valence-electron chi connectivity index (χ0n) is 12.0. The Morgan fingerprint density at radius 1 is 1.15 bits per heavy atom. The molecule has 2 atom stereocenters. The van der Waals surface area contributed by atoms with Crippen LogP contribution in [0.1, 0.15) is 48.5 Å². The lowest BCUT2D eigenvalue weighted by atomic mass is 10.0. The molecule has 108 valence electrons. The smallest absolute Gasteiger partial charge is 0.138 e. The lowest BCUT2D eigenvalue weighted by molar-refractivity contribution is 0.389. The standard InChI is InChI=1S/C15H18Cl2N2O/c1-8(13-7-12(16)5-6-14(13)17)18-9(2)15-10(3)19-20-11(15)4/h5-9,18H,1-4H3. The summed E-state index contributed by atoms with van der Waals surface area (Å²) in [6.45, 7) is 8.01. The third-order valence-electron chi connectivity index (χ3n) is 3.45. The Morgan fingerprint density at radius 2 is 1.85 bits per heavy atom. The lowest BCUT2D eigenvalue weighted by Crippen LogP contribution is -2.23. The average Bonchev–Trinajstić information content (AvgIpc) is 2.71. The van der Waals surface area contributed by atoms with Gasteiger partial charge < -0.3 is 9.84 Å². The molecule has 1 heterocycles. The van der Waals surface area contributed by atoms with E-state index in [9.17, 15) is 0 Å². The summed E-state index contributed by atoms with van der Waals surface area (Å²) in [6, 6.07) is 5.69. The number of nitrogens with zero attached hydrogens (tertiary/aromatic N) is 1. The average molecular weight is 313 g/mol. The Kier molecular flexibility index (Phi) is 4.74. The molecule has 3 nitrogen and oxygen atoms in total. The molecule has 2 unspecified atom stereocenters. The fraction of sp³-hybridized carbons (Fsp3) is 0.400. The van der Waals surface area contributed by atoms with Crippen LogP contribution in [-0.2, 0) is 0 Å². The van der Waals surface area contributed by atoms with Crippen molar-refractivity contribution in [3.05, 3.63) is 50.8 Å². The molecule has 5 heteroatoms. The predicted molar refractivity (Wildman–Crippen MR) is 82.4 cm³/mol. The van der Waals surface area contributed by atoms with E-state index >= 15 is 0 Å². The highest BCUT2D eigenvalue weighted by atomic mass is 35.5. The molecule has 0 fully saturated rings. The van der Waals surface area contributed by atoms with Crippen LogP contribution < -0.4 is 5.32 Å². The van der Waals surface area contributed by atoms with Gasteiger partial charge in [0.05, 0.1) is 5.69 Å². The molecule has 0 saturated heterocycles. The summed E-state index contributed by atoms with van der Waals surface area (Å²) < 4.78 is 5.21. The van der Waals surface area contributed by atoms with Crippen LogP contribution in [0.4, 0.5) is 0 Å². The maximum Gasteiger partial charge on any atom is 0.138 e. The van der Waals surface area contributed by atoms with Gasteiger partial charge in [-0.2, -0.15) is 0 Å². The van der Waals surface area contributed by atoms with Crippen LogP contribution in [-0.4, -0.2) is 5.16 Å². The second kappa shape index (κ2) is 6.17. The molecule has 0 saturated carbocycles. The third kappa shape index (κ3) is 3.17. The van der Waals surface area contributed by atoms with E-state index in [-0.39, 0.29) is 12.1 Å². The molecule has 0 radical (unpaired) electrons. The van der Waals surface area contributed by atoms with Gasteiger partial charge in [0.1, 0.15) is 5.76 Å². The van der Waals surface area contributed by atoms with Crippen LogP contribution in [0.2, 0.25) is 10.0 Å². The summed E-state index contributed by atoms with van der Waals surface area (Å²) in [5, 5.41) is 8.88. The van der Waals surface area contributed by atoms with Crippen molar-refractivity contribution in [1.82, 2.24) is 10.5 Å². The maximum absolute atomic E-state index is 6.23. The van der Waals surface area contributed by atoms with E-state index in [1.807, 2.05) is 26.0 Å². The van der Waals surface area contributed by atoms with E-state index < -0.39 is 0 Å². The van der Waals surface area contributed by atoms with Crippen LogP contribution in [0, 0.1) is 13.8 Å². The van der Waals surface area contributed by atoms with Gasteiger partial charge in [-0.05, 0) is 51.5 Å². The molecule has 1 aromatic carbocycles. The summed E-state index contributed by atoms with van der Waals surface area (Å²) in [5.41, 5.74) is 2.99. The zero-order chi connectivity index (χ0) is 14.9. The van der Waals surface area contributed by atoms with Crippen LogP contribution in [0.5, 0.6) is 0 Å².